The topological polar surface area (TPSA) is 40.5 Å². The van der Waals surface area contributed by atoms with E-state index in [4.69, 9.17) is 0 Å². The number of aliphatic imine (C=N–C) groups is 1. The van der Waals surface area contributed by atoms with Gasteiger partial charge < -0.3 is 10.2 Å². The number of rotatable bonds is 2. The Hall–Kier alpha value is -0.750. The van der Waals surface area contributed by atoms with Crippen LogP contribution in [0.4, 0.5) is 0 Å². The highest BCUT2D eigenvalue weighted by molar-refractivity contribution is 8.00. The van der Waals surface area contributed by atoms with Crippen molar-refractivity contribution in [2.75, 3.05) is 25.9 Å². The summed E-state index contributed by atoms with van der Waals surface area (Å²) >= 11 is 3.74. The molecule has 0 aliphatic carbocycles. The van der Waals surface area contributed by atoms with Gasteiger partial charge in [0.25, 0.3) is 0 Å². The van der Waals surface area contributed by atoms with E-state index in [1.54, 1.807) is 11.3 Å². The minimum absolute atomic E-state index is 0.302. The van der Waals surface area contributed by atoms with Gasteiger partial charge in [-0.3, -0.25) is 4.99 Å². The zero-order valence-corrected chi connectivity index (χ0v) is 13.7. The molecule has 1 N–H and O–H groups in total. The van der Waals surface area contributed by atoms with Gasteiger partial charge in [0.05, 0.1) is 17.7 Å². The van der Waals surface area contributed by atoms with Crippen molar-refractivity contribution >= 4 is 29.1 Å². The van der Waals surface area contributed by atoms with Gasteiger partial charge in [0.2, 0.25) is 0 Å². The molecule has 0 aromatic carbocycles. The highest BCUT2D eigenvalue weighted by Crippen LogP contribution is 2.29. The van der Waals surface area contributed by atoms with Crippen LogP contribution in [0.2, 0.25) is 0 Å². The number of nitrogens with zero attached hydrogens (tertiary/aromatic N) is 3. The number of guanidine groups is 1. The second-order valence-electron chi connectivity index (χ2n) is 5.29. The zero-order chi connectivity index (χ0) is 13.9. The second-order valence-corrected chi connectivity index (χ2v) is 8.03. The predicted octanol–water partition coefficient (Wildman–Crippen LogP) is 2.35. The molecule has 1 saturated heterocycles. The maximum Gasteiger partial charge on any atom is 0.194 e. The third-order valence-corrected chi connectivity index (χ3v) is 5.42. The van der Waals surface area contributed by atoms with E-state index in [9.17, 15) is 0 Å². The largest absolute Gasteiger partial charge is 0.351 e. The minimum atomic E-state index is 0.302. The van der Waals surface area contributed by atoms with Gasteiger partial charge in [-0.1, -0.05) is 0 Å². The molecule has 1 aromatic rings. The summed E-state index contributed by atoms with van der Waals surface area (Å²) in [5.74, 6) is 2.16. The SMILES string of the molecule is CN=C(NCc1scnc1C)N1CCSC(C)(C)C1. The van der Waals surface area contributed by atoms with E-state index in [0.717, 1.165) is 37.0 Å². The van der Waals surface area contributed by atoms with Gasteiger partial charge in [-0.2, -0.15) is 11.8 Å². The molecule has 6 heteroatoms. The predicted molar refractivity (Wildman–Crippen MR) is 85.2 cm³/mol. The van der Waals surface area contributed by atoms with Gasteiger partial charge in [0.1, 0.15) is 0 Å². The molecule has 2 heterocycles. The van der Waals surface area contributed by atoms with Crippen LogP contribution in [0.15, 0.2) is 10.5 Å². The maximum atomic E-state index is 4.41. The average molecular weight is 298 g/mol. The Morgan fingerprint density at radius 3 is 2.95 bits per heavy atom. The molecule has 0 radical (unpaired) electrons. The van der Waals surface area contributed by atoms with Crippen molar-refractivity contribution in [1.82, 2.24) is 15.2 Å². The van der Waals surface area contributed by atoms with Crippen LogP contribution in [-0.4, -0.2) is 46.5 Å². The van der Waals surface area contributed by atoms with Gasteiger partial charge in [-0.15, -0.1) is 11.3 Å². The van der Waals surface area contributed by atoms with Crippen LogP contribution in [0.1, 0.15) is 24.4 Å². The van der Waals surface area contributed by atoms with Crippen LogP contribution < -0.4 is 5.32 Å². The van der Waals surface area contributed by atoms with Crippen LogP contribution in [0.5, 0.6) is 0 Å². The van der Waals surface area contributed by atoms with Crippen molar-refractivity contribution in [3.8, 4) is 0 Å². The van der Waals surface area contributed by atoms with Gasteiger partial charge in [0, 0.05) is 35.5 Å². The first-order chi connectivity index (χ1) is 9.02. The van der Waals surface area contributed by atoms with Gasteiger partial charge in [0.15, 0.2) is 5.96 Å². The minimum Gasteiger partial charge on any atom is -0.351 e. The number of hydrogen-bond acceptors (Lipinski definition) is 4. The van der Waals surface area contributed by atoms with E-state index in [-0.39, 0.29) is 0 Å². The summed E-state index contributed by atoms with van der Waals surface area (Å²) in [5, 5.41) is 3.46. The van der Waals surface area contributed by atoms with Crippen molar-refractivity contribution in [2.24, 2.45) is 4.99 Å². The molecule has 19 heavy (non-hydrogen) atoms. The summed E-state index contributed by atoms with van der Waals surface area (Å²) in [6.45, 7) is 9.56. The normalized spacial score (nSPS) is 19.6. The first-order valence-electron chi connectivity index (χ1n) is 6.50. The zero-order valence-electron chi connectivity index (χ0n) is 12.1. The number of thioether (sulfide) groups is 1. The maximum absolute atomic E-state index is 4.41. The van der Waals surface area contributed by atoms with Crippen LogP contribution in [0, 0.1) is 6.92 Å². The van der Waals surface area contributed by atoms with E-state index in [0.29, 0.717) is 4.75 Å². The lowest BCUT2D eigenvalue weighted by atomic mass is 10.2. The number of thiazole rings is 1. The average Bonchev–Trinajstić information content (AvgIpc) is 2.75. The summed E-state index contributed by atoms with van der Waals surface area (Å²) in [7, 11) is 1.86. The van der Waals surface area contributed by atoms with Crippen LogP contribution in [-0.2, 0) is 6.54 Å². The quantitative estimate of drug-likeness (QED) is 0.672. The van der Waals surface area contributed by atoms with Crippen LogP contribution in [0.3, 0.4) is 0 Å². The molecule has 0 amide bonds. The van der Waals surface area contributed by atoms with E-state index in [1.165, 1.54) is 4.88 Å². The lowest BCUT2D eigenvalue weighted by Crippen LogP contribution is -2.50. The first-order valence-corrected chi connectivity index (χ1v) is 8.37. The fourth-order valence-corrected chi connectivity index (χ4v) is 4.01. The molecule has 1 fully saturated rings. The molecule has 1 aliphatic rings. The Kier molecular flexibility index (Phi) is 4.73. The molecular formula is C13H22N4S2. The van der Waals surface area contributed by atoms with Crippen molar-refractivity contribution in [3.63, 3.8) is 0 Å². The molecule has 2 rings (SSSR count). The molecule has 0 bridgehead atoms. The molecule has 1 aromatic heterocycles. The summed E-state index contributed by atoms with van der Waals surface area (Å²) in [6, 6.07) is 0. The molecule has 1 aliphatic heterocycles. The lowest BCUT2D eigenvalue weighted by molar-refractivity contribution is 0.376. The van der Waals surface area contributed by atoms with E-state index in [2.05, 4.69) is 41.0 Å². The van der Waals surface area contributed by atoms with E-state index < -0.39 is 0 Å². The Morgan fingerprint density at radius 2 is 2.37 bits per heavy atom. The second kappa shape index (κ2) is 6.13. The fourth-order valence-electron chi connectivity index (χ4n) is 2.18. The Bertz CT molecular complexity index is 453. The monoisotopic (exact) mass is 298 g/mol. The smallest absolute Gasteiger partial charge is 0.194 e. The fraction of sp³-hybridized carbons (Fsp3) is 0.692. The molecule has 0 spiro atoms. The third kappa shape index (κ3) is 3.86. The first kappa shape index (κ1) is 14.7. The van der Waals surface area contributed by atoms with Gasteiger partial charge in [-0.05, 0) is 20.8 Å². The molecule has 0 unspecified atom stereocenters. The number of nitrogens with one attached hydrogen (secondary N) is 1. The Balaban J connectivity index is 1.95. The van der Waals surface area contributed by atoms with Crippen LogP contribution >= 0.6 is 23.1 Å². The number of aromatic nitrogens is 1. The third-order valence-electron chi connectivity index (χ3n) is 3.19. The summed E-state index contributed by atoms with van der Waals surface area (Å²) in [4.78, 5) is 12.3. The van der Waals surface area contributed by atoms with Crippen molar-refractivity contribution < 1.29 is 0 Å². The van der Waals surface area contributed by atoms with E-state index in [1.807, 2.05) is 24.3 Å². The standard InChI is InChI=1S/C13H22N4S2/c1-10-11(18-9-16-10)7-15-12(14-4)17-5-6-19-13(2,3)8-17/h9H,5-8H2,1-4H3,(H,14,15). The molecule has 106 valence electrons. The summed E-state index contributed by atoms with van der Waals surface area (Å²) in [5.41, 5.74) is 3.01. The molecule has 4 nitrogen and oxygen atoms in total. The van der Waals surface area contributed by atoms with Crippen molar-refractivity contribution in [2.45, 2.75) is 32.1 Å². The summed E-state index contributed by atoms with van der Waals surface area (Å²) < 4.78 is 0.302. The highest BCUT2D eigenvalue weighted by Gasteiger charge is 2.28. The summed E-state index contributed by atoms with van der Waals surface area (Å²) in [6.07, 6.45) is 0. The number of hydrogen-bond donors (Lipinski definition) is 1. The van der Waals surface area contributed by atoms with Gasteiger partial charge >= 0.3 is 0 Å². The molecule has 0 atom stereocenters. The van der Waals surface area contributed by atoms with Gasteiger partial charge in [-0.25, -0.2) is 4.98 Å². The van der Waals surface area contributed by atoms with Crippen LogP contribution in [0.25, 0.3) is 0 Å². The Morgan fingerprint density at radius 1 is 1.58 bits per heavy atom. The van der Waals surface area contributed by atoms with Crippen molar-refractivity contribution in [3.05, 3.63) is 16.1 Å². The number of aryl methyl sites for hydroxylation is 1. The molecular weight excluding hydrogens is 276 g/mol. The lowest BCUT2D eigenvalue weighted by Gasteiger charge is -2.39. The van der Waals surface area contributed by atoms with E-state index >= 15 is 0 Å². The highest BCUT2D eigenvalue weighted by atomic mass is 32.2. The Labute approximate surface area is 123 Å². The van der Waals surface area contributed by atoms with Crippen molar-refractivity contribution in [1.29, 1.82) is 0 Å². The molecule has 0 saturated carbocycles.